The first kappa shape index (κ1) is 15.5. The molecule has 0 unspecified atom stereocenters. The molecule has 0 saturated heterocycles. The van der Waals surface area contributed by atoms with Gasteiger partial charge in [-0.1, -0.05) is 19.1 Å². The van der Waals surface area contributed by atoms with Crippen LogP contribution in [-0.2, 0) is 0 Å². The standard InChI is InChI=1S/C14H14IN3O3/c1-2-9-16-13-8-7-11(18(19)20)14(17-13)21-12-6-4-3-5-10(12)15/h3-8H,2,9H2,1H3,(H,16,17). The average Bonchev–Trinajstić information content (AvgIpc) is 2.47. The molecule has 0 radical (unpaired) electrons. The second kappa shape index (κ2) is 7.21. The van der Waals surface area contributed by atoms with Crippen molar-refractivity contribution in [1.29, 1.82) is 0 Å². The maximum absolute atomic E-state index is 11.1. The molecule has 0 atom stereocenters. The fraction of sp³-hybridized carbons (Fsp3) is 0.214. The van der Waals surface area contributed by atoms with Crippen molar-refractivity contribution in [2.75, 3.05) is 11.9 Å². The molecule has 0 amide bonds. The molecule has 1 aromatic carbocycles. The molecule has 0 aliphatic heterocycles. The summed E-state index contributed by atoms with van der Waals surface area (Å²) in [7, 11) is 0. The monoisotopic (exact) mass is 399 g/mol. The Kier molecular flexibility index (Phi) is 5.32. The summed E-state index contributed by atoms with van der Waals surface area (Å²) in [5.74, 6) is 1.09. The first-order valence-electron chi connectivity index (χ1n) is 6.43. The van der Waals surface area contributed by atoms with Crippen molar-refractivity contribution >= 4 is 34.1 Å². The molecule has 110 valence electrons. The normalized spacial score (nSPS) is 10.2. The zero-order chi connectivity index (χ0) is 15.2. The van der Waals surface area contributed by atoms with E-state index >= 15 is 0 Å². The Labute approximate surface area is 135 Å². The molecule has 6 nitrogen and oxygen atoms in total. The Hall–Kier alpha value is -1.90. The fourth-order valence-electron chi connectivity index (χ4n) is 1.63. The third-order valence-electron chi connectivity index (χ3n) is 2.64. The summed E-state index contributed by atoms with van der Waals surface area (Å²) in [5.41, 5.74) is -0.156. The number of nitrogens with zero attached hydrogens (tertiary/aromatic N) is 2. The van der Waals surface area contributed by atoms with Crippen molar-refractivity contribution in [2.45, 2.75) is 13.3 Å². The van der Waals surface area contributed by atoms with E-state index in [1.165, 1.54) is 6.07 Å². The molecule has 0 spiro atoms. The first-order valence-corrected chi connectivity index (χ1v) is 7.51. The number of ether oxygens (including phenoxy) is 1. The van der Waals surface area contributed by atoms with E-state index < -0.39 is 4.92 Å². The summed E-state index contributed by atoms with van der Waals surface area (Å²) < 4.78 is 6.48. The third-order valence-corrected chi connectivity index (χ3v) is 3.53. The SMILES string of the molecule is CCCNc1ccc([N+](=O)[O-])c(Oc2ccccc2I)n1. The number of aromatic nitrogens is 1. The highest BCUT2D eigenvalue weighted by atomic mass is 127. The predicted molar refractivity (Wildman–Crippen MR) is 88.9 cm³/mol. The van der Waals surface area contributed by atoms with E-state index in [-0.39, 0.29) is 11.6 Å². The Morgan fingerprint density at radius 3 is 2.76 bits per heavy atom. The third kappa shape index (κ3) is 4.03. The van der Waals surface area contributed by atoms with Gasteiger partial charge in [-0.3, -0.25) is 10.1 Å². The molecule has 0 aliphatic rings. The Bertz CT molecular complexity index is 649. The number of halogens is 1. The van der Waals surface area contributed by atoms with E-state index in [1.807, 2.05) is 25.1 Å². The van der Waals surface area contributed by atoms with E-state index in [4.69, 9.17) is 4.74 Å². The highest BCUT2D eigenvalue weighted by Gasteiger charge is 2.19. The number of nitro groups is 1. The van der Waals surface area contributed by atoms with Gasteiger partial charge in [-0.2, -0.15) is 4.98 Å². The van der Waals surface area contributed by atoms with Gasteiger partial charge in [-0.05, 0) is 47.2 Å². The van der Waals surface area contributed by atoms with Crippen molar-refractivity contribution in [3.8, 4) is 11.6 Å². The van der Waals surface area contributed by atoms with Crippen LogP contribution in [0.1, 0.15) is 13.3 Å². The van der Waals surface area contributed by atoms with Crippen LogP contribution >= 0.6 is 22.6 Å². The van der Waals surface area contributed by atoms with Crippen molar-refractivity contribution in [2.24, 2.45) is 0 Å². The summed E-state index contributed by atoms with van der Waals surface area (Å²) in [6.07, 6.45) is 0.936. The zero-order valence-corrected chi connectivity index (χ0v) is 13.5. The molecule has 7 heteroatoms. The minimum Gasteiger partial charge on any atom is -0.433 e. The molecule has 2 aromatic rings. The molecule has 1 heterocycles. The maximum atomic E-state index is 11.1. The molecule has 0 aliphatic carbocycles. The lowest BCUT2D eigenvalue weighted by molar-refractivity contribution is -0.386. The average molecular weight is 399 g/mol. The summed E-state index contributed by atoms with van der Waals surface area (Å²) >= 11 is 2.11. The van der Waals surface area contributed by atoms with Crippen LogP contribution < -0.4 is 10.1 Å². The van der Waals surface area contributed by atoms with Gasteiger partial charge in [0.15, 0.2) is 0 Å². The van der Waals surface area contributed by atoms with Crippen LogP contribution in [0.3, 0.4) is 0 Å². The van der Waals surface area contributed by atoms with Crippen LogP contribution in [0.5, 0.6) is 11.6 Å². The van der Waals surface area contributed by atoms with Gasteiger partial charge in [0.1, 0.15) is 11.6 Å². The van der Waals surface area contributed by atoms with Gasteiger partial charge in [0.2, 0.25) is 0 Å². The number of pyridine rings is 1. The van der Waals surface area contributed by atoms with Gasteiger partial charge in [0.05, 0.1) is 8.49 Å². The molecule has 0 saturated carbocycles. The quantitative estimate of drug-likeness (QED) is 0.448. The Morgan fingerprint density at radius 1 is 1.33 bits per heavy atom. The second-order valence-electron chi connectivity index (χ2n) is 4.24. The van der Waals surface area contributed by atoms with Crippen LogP contribution in [0.4, 0.5) is 11.5 Å². The number of rotatable bonds is 6. The minimum absolute atomic E-state index is 0.00906. The smallest absolute Gasteiger partial charge is 0.331 e. The molecule has 21 heavy (non-hydrogen) atoms. The van der Waals surface area contributed by atoms with E-state index in [2.05, 4.69) is 32.9 Å². The van der Waals surface area contributed by atoms with Crippen LogP contribution in [0.15, 0.2) is 36.4 Å². The molecule has 1 N–H and O–H groups in total. The van der Waals surface area contributed by atoms with Crippen molar-refractivity contribution in [3.05, 3.63) is 50.1 Å². The van der Waals surface area contributed by atoms with Gasteiger partial charge in [0, 0.05) is 12.6 Å². The van der Waals surface area contributed by atoms with Crippen LogP contribution in [0, 0.1) is 13.7 Å². The second-order valence-corrected chi connectivity index (χ2v) is 5.40. The highest BCUT2D eigenvalue weighted by Crippen LogP contribution is 2.32. The maximum Gasteiger partial charge on any atom is 0.331 e. The van der Waals surface area contributed by atoms with Crippen molar-refractivity contribution in [3.63, 3.8) is 0 Å². The van der Waals surface area contributed by atoms with E-state index in [9.17, 15) is 10.1 Å². The largest absolute Gasteiger partial charge is 0.433 e. The Morgan fingerprint density at radius 2 is 2.10 bits per heavy atom. The fourth-order valence-corrected chi connectivity index (χ4v) is 2.13. The van der Waals surface area contributed by atoms with Gasteiger partial charge in [-0.15, -0.1) is 0 Å². The van der Waals surface area contributed by atoms with Crippen LogP contribution in [0.25, 0.3) is 0 Å². The Balaban J connectivity index is 2.34. The molecule has 0 bridgehead atoms. The topological polar surface area (TPSA) is 77.3 Å². The summed E-state index contributed by atoms with van der Waals surface area (Å²) in [4.78, 5) is 14.8. The van der Waals surface area contributed by atoms with E-state index in [0.29, 0.717) is 11.6 Å². The van der Waals surface area contributed by atoms with Gasteiger partial charge >= 0.3 is 11.6 Å². The number of anilines is 1. The number of hydrogen-bond donors (Lipinski definition) is 1. The summed E-state index contributed by atoms with van der Waals surface area (Å²) in [6.45, 7) is 2.77. The number of hydrogen-bond acceptors (Lipinski definition) is 5. The van der Waals surface area contributed by atoms with Crippen molar-refractivity contribution < 1.29 is 9.66 Å². The molecule has 0 fully saturated rings. The van der Waals surface area contributed by atoms with Gasteiger partial charge in [0.25, 0.3) is 0 Å². The lowest BCUT2D eigenvalue weighted by Gasteiger charge is -2.09. The zero-order valence-electron chi connectivity index (χ0n) is 11.4. The van der Waals surface area contributed by atoms with Crippen LogP contribution in [-0.4, -0.2) is 16.5 Å². The van der Waals surface area contributed by atoms with E-state index in [1.54, 1.807) is 12.1 Å². The van der Waals surface area contributed by atoms with Gasteiger partial charge < -0.3 is 10.1 Å². The molecular weight excluding hydrogens is 385 g/mol. The van der Waals surface area contributed by atoms with E-state index in [0.717, 1.165) is 16.5 Å². The molecular formula is C14H14IN3O3. The highest BCUT2D eigenvalue weighted by molar-refractivity contribution is 14.1. The summed E-state index contributed by atoms with van der Waals surface area (Å²) in [6, 6.07) is 10.3. The first-order chi connectivity index (χ1) is 10.1. The molecule has 2 rings (SSSR count). The van der Waals surface area contributed by atoms with Crippen LogP contribution in [0.2, 0.25) is 0 Å². The lowest BCUT2D eigenvalue weighted by atomic mass is 10.3. The summed E-state index contributed by atoms with van der Waals surface area (Å²) in [5, 5.41) is 14.2. The predicted octanol–water partition coefficient (Wildman–Crippen LogP) is 4.21. The number of para-hydroxylation sites is 1. The van der Waals surface area contributed by atoms with Crippen molar-refractivity contribution in [1.82, 2.24) is 4.98 Å². The number of nitrogens with one attached hydrogen (secondary N) is 1. The van der Waals surface area contributed by atoms with Gasteiger partial charge in [-0.25, -0.2) is 0 Å². The lowest BCUT2D eigenvalue weighted by Crippen LogP contribution is -2.04. The number of benzene rings is 1. The minimum atomic E-state index is -0.498. The molecule has 1 aromatic heterocycles.